The van der Waals surface area contributed by atoms with Gasteiger partial charge in [0.2, 0.25) is 0 Å². The Morgan fingerprint density at radius 3 is 2.68 bits per heavy atom. The van der Waals surface area contributed by atoms with Gasteiger partial charge in [-0.3, -0.25) is 14.9 Å². The molecule has 0 saturated carbocycles. The molecule has 7 nitrogen and oxygen atoms in total. The van der Waals surface area contributed by atoms with Gasteiger partial charge >= 0.3 is 0 Å². The predicted molar refractivity (Wildman–Crippen MR) is 65.8 cm³/mol. The van der Waals surface area contributed by atoms with Gasteiger partial charge in [0, 0.05) is 37.3 Å². The summed E-state index contributed by atoms with van der Waals surface area (Å²) in [5, 5.41) is 23.0. The lowest BCUT2D eigenvalue weighted by atomic mass is 10.0. The molecule has 0 spiro atoms. The van der Waals surface area contributed by atoms with E-state index >= 15 is 0 Å². The Kier molecular flexibility index (Phi) is 3.77. The first-order valence-corrected chi connectivity index (χ1v) is 5.83. The van der Waals surface area contributed by atoms with E-state index in [1.807, 2.05) is 0 Å². The van der Waals surface area contributed by atoms with E-state index in [2.05, 4.69) is 5.32 Å². The summed E-state index contributed by atoms with van der Waals surface area (Å²) < 4.78 is 5.06. The summed E-state index contributed by atoms with van der Waals surface area (Å²) in [5.74, 6) is -0.379. The molecule has 1 aliphatic rings. The molecule has 1 aromatic carbocycles. The van der Waals surface area contributed by atoms with E-state index in [-0.39, 0.29) is 24.7 Å². The van der Waals surface area contributed by atoms with Crippen LogP contribution in [0.3, 0.4) is 0 Å². The number of non-ortho nitro benzene ring substituents is 1. The van der Waals surface area contributed by atoms with Gasteiger partial charge in [-0.1, -0.05) is 0 Å². The van der Waals surface area contributed by atoms with Crippen LogP contribution in [-0.2, 0) is 4.74 Å². The molecule has 19 heavy (non-hydrogen) atoms. The maximum atomic E-state index is 11.8. The molecule has 1 atom stereocenters. The molecule has 2 N–H and O–H groups in total. The van der Waals surface area contributed by atoms with Gasteiger partial charge in [-0.25, -0.2) is 0 Å². The third-order valence-electron chi connectivity index (χ3n) is 3.00. The molecular formula is C12H14N2O5. The highest BCUT2D eigenvalue weighted by Crippen LogP contribution is 2.17. The molecule has 1 saturated heterocycles. The number of nitro groups is 1. The van der Waals surface area contributed by atoms with Gasteiger partial charge in [0.15, 0.2) is 0 Å². The van der Waals surface area contributed by atoms with Crippen molar-refractivity contribution >= 4 is 11.6 Å². The fourth-order valence-electron chi connectivity index (χ4n) is 1.82. The number of nitrogens with one attached hydrogen (secondary N) is 1. The second-order valence-electron chi connectivity index (χ2n) is 4.51. The minimum Gasteiger partial charge on any atom is -0.386 e. The van der Waals surface area contributed by atoms with Gasteiger partial charge in [-0.15, -0.1) is 0 Å². The number of hydrogen-bond donors (Lipinski definition) is 2. The zero-order chi connectivity index (χ0) is 13.9. The molecule has 102 valence electrons. The number of hydrogen-bond acceptors (Lipinski definition) is 5. The van der Waals surface area contributed by atoms with Crippen LogP contribution < -0.4 is 5.32 Å². The Morgan fingerprint density at radius 1 is 1.47 bits per heavy atom. The third-order valence-corrected chi connectivity index (χ3v) is 3.00. The van der Waals surface area contributed by atoms with Crippen molar-refractivity contribution in [3.63, 3.8) is 0 Å². The van der Waals surface area contributed by atoms with Crippen LogP contribution in [0.15, 0.2) is 24.3 Å². The van der Waals surface area contributed by atoms with Crippen molar-refractivity contribution in [3.8, 4) is 0 Å². The first kappa shape index (κ1) is 13.4. The Balaban J connectivity index is 1.94. The van der Waals surface area contributed by atoms with Crippen LogP contribution in [0.4, 0.5) is 5.69 Å². The summed E-state index contributed by atoms with van der Waals surface area (Å²) in [4.78, 5) is 21.7. The number of nitrogens with zero attached hydrogens (tertiary/aromatic N) is 1. The Labute approximate surface area is 109 Å². The average Bonchev–Trinajstić information content (AvgIpc) is 2.83. The zero-order valence-electron chi connectivity index (χ0n) is 10.2. The van der Waals surface area contributed by atoms with E-state index in [9.17, 15) is 20.0 Å². The lowest BCUT2D eigenvalue weighted by molar-refractivity contribution is -0.384. The number of ether oxygens (including phenoxy) is 1. The third kappa shape index (κ3) is 3.27. The van der Waals surface area contributed by atoms with Gasteiger partial charge in [0.05, 0.1) is 11.5 Å². The molecule has 0 radical (unpaired) electrons. The van der Waals surface area contributed by atoms with Crippen LogP contribution >= 0.6 is 0 Å². The first-order valence-electron chi connectivity index (χ1n) is 5.83. The van der Waals surface area contributed by atoms with Gasteiger partial charge in [-0.05, 0) is 12.1 Å². The van der Waals surface area contributed by atoms with Crippen molar-refractivity contribution in [2.75, 3.05) is 19.8 Å². The molecule has 0 bridgehead atoms. The van der Waals surface area contributed by atoms with Gasteiger partial charge in [0.25, 0.3) is 11.6 Å². The molecule has 1 aliphatic heterocycles. The standard InChI is InChI=1S/C12H14N2O5/c15-11(13-7-12(16)5-6-19-8-12)9-1-3-10(4-2-9)14(17)18/h1-4,16H,5-8H2,(H,13,15). The number of nitro benzene ring substituents is 1. The Hall–Kier alpha value is -1.99. The first-order chi connectivity index (χ1) is 9.00. The van der Waals surface area contributed by atoms with E-state index in [0.29, 0.717) is 18.6 Å². The van der Waals surface area contributed by atoms with Crippen molar-refractivity contribution in [3.05, 3.63) is 39.9 Å². The number of aliphatic hydroxyl groups is 1. The van der Waals surface area contributed by atoms with Crippen molar-refractivity contribution in [1.29, 1.82) is 0 Å². The summed E-state index contributed by atoms with van der Waals surface area (Å²) >= 11 is 0. The Bertz CT molecular complexity index is 479. The maximum Gasteiger partial charge on any atom is 0.269 e. The maximum absolute atomic E-state index is 11.8. The van der Waals surface area contributed by atoms with E-state index in [0.717, 1.165) is 0 Å². The second-order valence-corrected chi connectivity index (χ2v) is 4.51. The minimum absolute atomic E-state index is 0.0700. The zero-order valence-corrected chi connectivity index (χ0v) is 10.2. The fourth-order valence-corrected chi connectivity index (χ4v) is 1.82. The largest absolute Gasteiger partial charge is 0.386 e. The molecule has 7 heteroatoms. The quantitative estimate of drug-likeness (QED) is 0.609. The minimum atomic E-state index is -1.02. The van der Waals surface area contributed by atoms with Crippen LogP contribution in [-0.4, -0.2) is 41.3 Å². The highest BCUT2D eigenvalue weighted by Gasteiger charge is 2.32. The highest BCUT2D eigenvalue weighted by atomic mass is 16.6. The van der Waals surface area contributed by atoms with E-state index in [1.165, 1.54) is 24.3 Å². The number of rotatable bonds is 4. The molecule has 0 aliphatic carbocycles. The van der Waals surface area contributed by atoms with Crippen LogP contribution in [0.25, 0.3) is 0 Å². The molecule has 1 amide bonds. The molecule has 1 fully saturated rings. The molecular weight excluding hydrogens is 252 g/mol. The van der Waals surface area contributed by atoms with Gasteiger partial charge in [0.1, 0.15) is 5.60 Å². The Morgan fingerprint density at radius 2 is 2.16 bits per heavy atom. The average molecular weight is 266 g/mol. The lowest BCUT2D eigenvalue weighted by Crippen LogP contribution is -2.43. The summed E-state index contributed by atoms with van der Waals surface area (Å²) in [6.45, 7) is 0.778. The van der Waals surface area contributed by atoms with Gasteiger partial charge in [-0.2, -0.15) is 0 Å². The van der Waals surface area contributed by atoms with Crippen molar-refractivity contribution < 1.29 is 19.6 Å². The van der Waals surface area contributed by atoms with E-state index in [4.69, 9.17) is 4.74 Å². The summed E-state index contributed by atoms with van der Waals surface area (Å²) in [6.07, 6.45) is 0.480. The van der Waals surface area contributed by atoms with Crippen molar-refractivity contribution in [2.24, 2.45) is 0 Å². The molecule has 0 aromatic heterocycles. The summed E-state index contributed by atoms with van der Waals surface area (Å²) in [7, 11) is 0. The van der Waals surface area contributed by atoms with Gasteiger partial charge < -0.3 is 15.2 Å². The molecule has 1 aromatic rings. The van der Waals surface area contributed by atoms with Crippen molar-refractivity contribution in [2.45, 2.75) is 12.0 Å². The number of amides is 1. The van der Waals surface area contributed by atoms with Crippen LogP contribution in [0.5, 0.6) is 0 Å². The number of carbonyl (C=O) groups excluding carboxylic acids is 1. The topological polar surface area (TPSA) is 102 Å². The molecule has 2 rings (SSSR count). The lowest BCUT2D eigenvalue weighted by Gasteiger charge is -2.20. The van der Waals surface area contributed by atoms with E-state index in [1.54, 1.807) is 0 Å². The molecule has 1 unspecified atom stereocenters. The fraction of sp³-hybridized carbons (Fsp3) is 0.417. The normalized spacial score (nSPS) is 22.2. The van der Waals surface area contributed by atoms with E-state index < -0.39 is 10.5 Å². The highest BCUT2D eigenvalue weighted by molar-refractivity contribution is 5.94. The molecule has 1 heterocycles. The predicted octanol–water partition coefficient (Wildman–Crippen LogP) is 0.476. The van der Waals surface area contributed by atoms with Crippen LogP contribution in [0, 0.1) is 10.1 Å². The monoisotopic (exact) mass is 266 g/mol. The second kappa shape index (κ2) is 5.33. The summed E-state index contributed by atoms with van der Waals surface area (Å²) in [5.41, 5.74) is -0.774. The SMILES string of the molecule is O=C(NCC1(O)CCOC1)c1ccc([N+](=O)[O-])cc1. The number of carbonyl (C=O) groups is 1. The van der Waals surface area contributed by atoms with Crippen molar-refractivity contribution in [1.82, 2.24) is 5.32 Å². The van der Waals surface area contributed by atoms with Crippen LogP contribution in [0.1, 0.15) is 16.8 Å². The smallest absolute Gasteiger partial charge is 0.269 e. The number of benzene rings is 1. The van der Waals surface area contributed by atoms with Crippen LogP contribution in [0.2, 0.25) is 0 Å². The summed E-state index contributed by atoms with van der Waals surface area (Å²) in [6, 6.07) is 5.29.